The summed E-state index contributed by atoms with van der Waals surface area (Å²) in [6.07, 6.45) is -0.00407. The first-order valence-electron chi connectivity index (χ1n) is 8.98. The number of hydrogen-bond donors (Lipinski definition) is 0. The van der Waals surface area contributed by atoms with Crippen LogP contribution in [-0.2, 0) is 9.53 Å². The molecule has 0 aliphatic heterocycles. The molecule has 1 heterocycles. The summed E-state index contributed by atoms with van der Waals surface area (Å²) < 4.78 is 16.4. The fourth-order valence-electron chi connectivity index (χ4n) is 2.47. The topological polar surface area (TPSA) is 118 Å². The molecule has 0 saturated heterocycles. The van der Waals surface area contributed by atoms with Crippen LogP contribution in [-0.4, -0.2) is 27.7 Å². The number of nitrogens with zero attached hydrogens (tertiary/aromatic N) is 3. The molecule has 3 rings (SSSR count). The molecule has 0 amide bonds. The van der Waals surface area contributed by atoms with Gasteiger partial charge in [0.25, 0.3) is 11.6 Å². The number of benzene rings is 2. The van der Waals surface area contributed by atoms with E-state index in [2.05, 4.69) is 10.2 Å². The number of nitro benzene ring substituents is 1. The average molecular weight is 397 g/mol. The molecule has 0 radical (unpaired) electrons. The number of carbonyl (C=O) groups is 1. The monoisotopic (exact) mass is 397 g/mol. The van der Waals surface area contributed by atoms with E-state index in [1.54, 1.807) is 6.92 Å². The van der Waals surface area contributed by atoms with Crippen molar-refractivity contribution in [1.82, 2.24) is 10.2 Å². The van der Waals surface area contributed by atoms with Crippen molar-refractivity contribution in [2.24, 2.45) is 0 Å². The zero-order valence-electron chi connectivity index (χ0n) is 15.7. The van der Waals surface area contributed by atoms with Crippen molar-refractivity contribution in [3.63, 3.8) is 0 Å². The number of rotatable bonds is 9. The standard InChI is InChI=1S/C20H19N3O6/c1-14(28-18(24)8-5-13-27-17-6-3-2-4-7-17)19-21-22-20(29-19)15-9-11-16(12-10-15)23(25)26/h2-4,6-7,9-12,14H,5,8,13H2,1H3/t14-/m1/s1. The molecule has 9 heteroatoms. The van der Waals surface area contributed by atoms with Gasteiger partial charge in [-0.1, -0.05) is 18.2 Å². The summed E-state index contributed by atoms with van der Waals surface area (Å²) in [6, 6.07) is 15.1. The molecule has 1 atom stereocenters. The summed E-state index contributed by atoms with van der Waals surface area (Å²) in [5.74, 6) is 0.685. The molecule has 0 fully saturated rings. The molecule has 3 aromatic rings. The van der Waals surface area contributed by atoms with Gasteiger partial charge >= 0.3 is 5.97 Å². The molecule has 0 aliphatic carbocycles. The van der Waals surface area contributed by atoms with Gasteiger partial charge in [0.15, 0.2) is 6.10 Å². The Hall–Kier alpha value is -3.75. The summed E-state index contributed by atoms with van der Waals surface area (Å²) in [4.78, 5) is 22.2. The Labute approximate surface area is 166 Å². The zero-order valence-corrected chi connectivity index (χ0v) is 15.7. The van der Waals surface area contributed by atoms with Crippen LogP contribution in [0.1, 0.15) is 31.8 Å². The molecule has 0 N–H and O–H groups in total. The second-order valence-corrected chi connectivity index (χ2v) is 6.15. The van der Waals surface area contributed by atoms with Gasteiger partial charge < -0.3 is 13.9 Å². The van der Waals surface area contributed by atoms with E-state index in [9.17, 15) is 14.9 Å². The average Bonchev–Trinajstić information content (AvgIpc) is 3.22. The first kappa shape index (κ1) is 20.0. The maximum absolute atomic E-state index is 12.0. The van der Waals surface area contributed by atoms with Crippen molar-refractivity contribution in [2.75, 3.05) is 6.61 Å². The highest BCUT2D eigenvalue weighted by molar-refractivity contribution is 5.69. The Kier molecular flexibility index (Phi) is 6.51. The van der Waals surface area contributed by atoms with E-state index in [1.165, 1.54) is 24.3 Å². The Balaban J connectivity index is 1.47. The predicted molar refractivity (Wildman–Crippen MR) is 102 cm³/mol. The lowest BCUT2D eigenvalue weighted by molar-refractivity contribution is -0.384. The lowest BCUT2D eigenvalue weighted by atomic mass is 10.2. The summed E-state index contributed by atoms with van der Waals surface area (Å²) in [5.41, 5.74) is 0.498. The second-order valence-electron chi connectivity index (χ2n) is 6.15. The van der Waals surface area contributed by atoms with E-state index in [4.69, 9.17) is 13.9 Å². The molecule has 0 bridgehead atoms. The van der Waals surface area contributed by atoms with E-state index in [1.807, 2.05) is 30.3 Å². The van der Waals surface area contributed by atoms with Crippen LogP contribution < -0.4 is 4.74 Å². The minimum atomic E-state index is -0.711. The normalized spacial score (nSPS) is 11.6. The van der Waals surface area contributed by atoms with Crippen LogP contribution in [0.15, 0.2) is 59.0 Å². The van der Waals surface area contributed by atoms with Gasteiger partial charge in [0.05, 0.1) is 11.5 Å². The number of nitro groups is 1. The maximum Gasteiger partial charge on any atom is 0.306 e. The van der Waals surface area contributed by atoms with Crippen LogP contribution in [0.2, 0.25) is 0 Å². The van der Waals surface area contributed by atoms with E-state index in [0.717, 1.165) is 5.75 Å². The second kappa shape index (κ2) is 9.45. The van der Waals surface area contributed by atoms with Crippen LogP contribution in [0.5, 0.6) is 5.75 Å². The highest BCUT2D eigenvalue weighted by Gasteiger charge is 2.19. The van der Waals surface area contributed by atoms with Gasteiger partial charge in [-0.2, -0.15) is 0 Å². The SMILES string of the molecule is C[C@@H](OC(=O)CCCOc1ccccc1)c1nnc(-c2ccc([N+](=O)[O-])cc2)o1. The van der Waals surface area contributed by atoms with Crippen LogP contribution in [0.25, 0.3) is 11.5 Å². The Bertz CT molecular complexity index is 956. The minimum absolute atomic E-state index is 0.0352. The van der Waals surface area contributed by atoms with Crippen LogP contribution >= 0.6 is 0 Å². The van der Waals surface area contributed by atoms with E-state index < -0.39 is 17.0 Å². The maximum atomic E-state index is 12.0. The van der Waals surface area contributed by atoms with Crippen LogP contribution in [0, 0.1) is 10.1 Å². The van der Waals surface area contributed by atoms with E-state index in [-0.39, 0.29) is 23.9 Å². The minimum Gasteiger partial charge on any atom is -0.494 e. The van der Waals surface area contributed by atoms with Gasteiger partial charge in [-0.3, -0.25) is 14.9 Å². The van der Waals surface area contributed by atoms with Crippen molar-refractivity contribution < 1.29 is 23.6 Å². The molecule has 0 aliphatic rings. The molecular weight excluding hydrogens is 378 g/mol. The fraction of sp³-hybridized carbons (Fsp3) is 0.250. The largest absolute Gasteiger partial charge is 0.494 e. The Morgan fingerprint density at radius 3 is 2.55 bits per heavy atom. The first-order valence-corrected chi connectivity index (χ1v) is 8.98. The number of aromatic nitrogens is 2. The third kappa shape index (κ3) is 5.61. The van der Waals surface area contributed by atoms with Gasteiger partial charge in [-0.25, -0.2) is 0 Å². The quantitative estimate of drug-likeness (QED) is 0.229. The van der Waals surface area contributed by atoms with Crippen LogP contribution in [0.4, 0.5) is 5.69 Å². The zero-order chi connectivity index (χ0) is 20.6. The number of carbonyl (C=O) groups excluding carboxylic acids is 1. The number of hydrogen-bond acceptors (Lipinski definition) is 8. The first-order chi connectivity index (χ1) is 14.0. The van der Waals surface area contributed by atoms with Crippen molar-refractivity contribution in [1.29, 1.82) is 0 Å². The molecule has 1 aromatic heterocycles. The van der Waals surface area contributed by atoms with Crippen molar-refractivity contribution in [3.8, 4) is 17.2 Å². The van der Waals surface area contributed by atoms with Gasteiger partial charge in [0.1, 0.15) is 5.75 Å². The molecule has 0 saturated carbocycles. The van der Waals surface area contributed by atoms with Gasteiger partial charge in [0, 0.05) is 24.1 Å². The van der Waals surface area contributed by atoms with Crippen molar-refractivity contribution >= 4 is 11.7 Å². The third-order valence-electron chi connectivity index (χ3n) is 3.96. The fourth-order valence-corrected chi connectivity index (χ4v) is 2.47. The summed E-state index contributed by atoms with van der Waals surface area (Å²) in [7, 11) is 0. The van der Waals surface area contributed by atoms with Gasteiger partial charge in [-0.15, -0.1) is 10.2 Å². The van der Waals surface area contributed by atoms with Crippen LogP contribution in [0.3, 0.4) is 0 Å². The Morgan fingerprint density at radius 2 is 1.86 bits per heavy atom. The van der Waals surface area contributed by atoms with E-state index in [0.29, 0.717) is 18.6 Å². The number of non-ortho nitro benzene ring substituents is 1. The molecule has 0 spiro atoms. The summed E-state index contributed by atoms with van der Waals surface area (Å²) >= 11 is 0. The molecule has 0 unspecified atom stereocenters. The third-order valence-corrected chi connectivity index (χ3v) is 3.96. The van der Waals surface area contributed by atoms with Gasteiger partial charge in [0.2, 0.25) is 5.89 Å². The molecule has 2 aromatic carbocycles. The molecular formula is C20H19N3O6. The smallest absolute Gasteiger partial charge is 0.306 e. The van der Waals surface area contributed by atoms with Gasteiger partial charge in [-0.05, 0) is 37.6 Å². The summed E-state index contributed by atoms with van der Waals surface area (Å²) in [5, 5.41) is 18.5. The molecule has 150 valence electrons. The lowest BCUT2D eigenvalue weighted by Gasteiger charge is -2.09. The molecule has 9 nitrogen and oxygen atoms in total. The number of para-hydroxylation sites is 1. The highest BCUT2D eigenvalue weighted by Crippen LogP contribution is 2.24. The predicted octanol–water partition coefficient (Wildman–Crippen LogP) is 4.11. The number of ether oxygens (including phenoxy) is 2. The molecule has 29 heavy (non-hydrogen) atoms. The van der Waals surface area contributed by atoms with Crippen molar-refractivity contribution in [3.05, 3.63) is 70.6 Å². The lowest BCUT2D eigenvalue weighted by Crippen LogP contribution is -2.10. The highest BCUT2D eigenvalue weighted by atomic mass is 16.6. The summed E-state index contributed by atoms with van der Waals surface area (Å²) in [6.45, 7) is 2.03. The van der Waals surface area contributed by atoms with Crippen molar-refractivity contribution in [2.45, 2.75) is 25.9 Å². The van der Waals surface area contributed by atoms with E-state index >= 15 is 0 Å². The Morgan fingerprint density at radius 1 is 1.14 bits per heavy atom. The number of esters is 1.